The molecule has 0 aliphatic carbocycles. The fraction of sp³-hybridized carbons (Fsp3) is 0.419. The SMILES string of the molecule is Cc1ccc([C@@H](N=[N+]=[N-])C2OC(COCc3ccccc3)C(C)C(C)C2OCc2ccccc2)c(C)c1. The van der Waals surface area contributed by atoms with Gasteiger partial charge >= 0.3 is 0 Å². The van der Waals surface area contributed by atoms with E-state index in [0.717, 1.165) is 27.8 Å². The van der Waals surface area contributed by atoms with Crippen molar-refractivity contribution in [1.82, 2.24) is 0 Å². The second-order valence-corrected chi connectivity index (χ2v) is 10.1. The van der Waals surface area contributed by atoms with E-state index in [4.69, 9.17) is 14.2 Å². The molecule has 4 rings (SSSR count). The highest BCUT2D eigenvalue weighted by Gasteiger charge is 2.46. The summed E-state index contributed by atoms with van der Waals surface area (Å²) in [5, 5.41) is 4.27. The molecule has 3 aromatic rings. The molecule has 1 heterocycles. The van der Waals surface area contributed by atoms with Crippen molar-refractivity contribution >= 4 is 0 Å². The van der Waals surface area contributed by atoms with Crippen LogP contribution in [0.25, 0.3) is 10.4 Å². The quantitative estimate of drug-likeness (QED) is 0.165. The van der Waals surface area contributed by atoms with Crippen LogP contribution in [-0.2, 0) is 27.4 Å². The van der Waals surface area contributed by atoms with E-state index >= 15 is 0 Å². The first-order chi connectivity index (χ1) is 18.0. The molecule has 1 aliphatic rings. The van der Waals surface area contributed by atoms with Crippen LogP contribution in [0, 0.1) is 25.7 Å². The van der Waals surface area contributed by atoms with Crippen molar-refractivity contribution in [2.45, 2.75) is 65.3 Å². The molecule has 0 amide bonds. The summed E-state index contributed by atoms with van der Waals surface area (Å²) in [6.45, 7) is 9.96. The van der Waals surface area contributed by atoms with E-state index in [1.54, 1.807) is 0 Å². The van der Waals surface area contributed by atoms with E-state index in [-0.39, 0.29) is 24.0 Å². The summed E-state index contributed by atoms with van der Waals surface area (Å²) in [4.78, 5) is 3.23. The van der Waals surface area contributed by atoms with Crippen molar-refractivity contribution in [2.24, 2.45) is 17.0 Å². The topological polar surface area (TPSA) is 76.5 Å². The Labute approximate surface area is 220 Å². The summed E-state index contributed by atoms with van der Waals surface area (Å²) in [6.07, 6.45) is -0.850. The smallest absolute Gasteiger partial charge is 0.0970 e. The predicted molar refractivity (Wildman–Crippen MR) is 146 cm³/mol. The molecule has 0 spiro atoms. The van der Waals surface area contributed by atoms with Gasteiger partial charge in [0.1, 0.15) is 0 Å². The van der Waals surface area contributed by atoms with Crippen LogP contribution in [0.3, 0.4) is 0 Å². The molecule has 1 fully saturated rings. The third kappa shape index (κ3) is 6.79. The van der Waals surface area contributed by atoms with Gasteiger partial charge in [0, 0.05) is 4.91 Å². The summed E-state index contributed by atoms with van der Waals surface area (Å²) in [6, 6.07) is 26.0. The highest BCUT2D eigenvalue weighted by molar-refractivity contribution is 5.34. The van der Waals surface area contributed by atoms with Crippen LogP contribution in [0.15, 0.2) is 84.0 Å². The van der Waals surface area contributed by atoms with Gasteiger partial charge < -0.3 is 14.2 Å². The molecule has 0 N–H and O–H groups in total. The minimum atomic E-state index is -0.516. The van der Waals surface area contributed by atoms with Crippen LogP contribution in [0.4, 0.5) is 0 Å². The van der Waals surface area contributed by atoms with Crippen LogP contribution in [0.1, 0.15) is 47.7 Å². The van der Waals surface area contributed by atoms with Crippen molar-refractivity contribution < 1.29 is 14.2 Å². The zero-order valence-corrected chi connectivity index (χ0v) is 22.2. The average Bonchev–Trinajstić information content (AvgIpc) is 2.91. The molecule has 37 heavy (non-hydrogen) atoms. The Balaban J connectivity index is 1.60. The van der Waals surface area contributed by atoms with E-state index in [1.165, 1.54) is 0 Å². The standard InChI is InChI=1S/C31H37N3O3/c1-21-15-16-27(22(2)17-21)29(33-34-32)31-30(36-19-26-13-9-6-10-14-26)24(4)23(3)28(37-31)20-35-18-25-11-7-5-8-12-25/h5-17,23-24,28-31H,18-20H2,1-4H3/t23?,24?,28?,29-,30?,31?/m1/s1. The summed E-state index contributed by atoms with van der Waals surface area (Å²) in [5.41, 5.74) is 15.0. The maximum atomic E-state index is 9.56. The summed E-state index contributed by atoms with van der Waals surface area (Å²) >= 11 is 0. The van der Waals surface area contributed by atoms with Crippen molar-refractivity contribution in [3.05, 3.63) is 117 Å². The highest BCUT2D eigenvalue weighted by Crippen LogP contribution is 2.41. The molecule has 0 radical (unpaired) electrons. The highest BCUT2D eigenvalue weighted by atomic mass is 16.6. The number of nitrogens with zero attached hydrogens (tertiary/aromatic N) is 3. The largest absolute Gasteiger partial charge is 0.374 e. The maximum absolute atomic E-state index is 9.56. The molecular formula is C31H37N3O3. The van der Waals surface area contributed by atoms with E-state index in [2.05, 4.69) is 74.1 Å². The predicted octanol–water partition coefficient (Wildman–Crippen LogP) is 7.50. The van der Waals surface area contributed by atoms with Crippen molar-refractivity contribution in [3.63, 3.8) is 0 Å². The van der Waals surface area contributed by atoms with Crippen LogP contribution in [-0.4, -0.2) is 24.9 Å². The zero-order valence-electron chi connectivity index (χ0n) is 22.2. The minimum Gasteiger partial charge on any atom is -0.374 e. The number of aryl methyl sites for hydroxylation is 2. The number of hydrogen-bond acceptors (Lipinski definition) is 4. The maximum Gasteiger partial charge on any atom is 0.0970 e. The Morgan fingerprint density at radius 2 is 1.54 bits per heavy atom. The normalized spacial score (nSPS) is 24.3. The number of hydrogen-bond donors (Lipinski definition) is 0. The van der Waals surface area contributed by atoms with Crippen LogP contribution >= 0.6 is 0 Å². The number of benzene rings is 3. The lowest BCUT2D eigenvalue weighted by atomic mass is 9.78. The van der Waals surface area contributed by atoms with Gasteiger partial charge in [-0.05, 0) is 53.5 Å². The lowest BCUT2D eigenvalue weighted by molar-refractivity contribution is -0.210. The third-order valence-corrected chi connectivity index (χ3v) is 7.50. The second-order valence-electron chi connectivity index (χ2n) is 10.1. The van der Waals surface area contributed by atoms with E-state index in [9.17, 15) is 5.53 Å². The van der Waals surface area contributed by atoms with Gasteiger partial charge in [0.15, 0.2) is 0 Å². The third-order valence-electron chi connectivity index (χ3n) is 7.50. The van der Waals surface area contributed by atoms with Gasteiger partial charge in [-0.3, -0.25) is 0 Å². The molecular weight excluding hydrogens is 462 g/mol. The van der Waals surface area contributed by atoms with Crippen molar-refractivity contribution in [1.29, 1.82) is 0 Å². The monoisotopic (exact) mass is 499 g/mol. The molecule has 3 aromatic carbocycles. The summed E-state index contributed by atoms with van der Waals surface area (Å²) in [5.74, 6) is 0.355. The fourth-order valence-corrected chi connectivity index (χ4v) is 5.18. The molecule has 1 aliphatic heterocycles. The number of rotatable bonds is 10. The van der Waals surface area contributed by atoms with Gasteiger partial charge in [0.2, 0.25) is 0 Å². The van der Waals surface area contributed by atoms with E-state index in [0.29, 0.717) is 19.8 Å². The van der Waals surface area contributed by atoms with Crippen LogP contribution in [0.2, 0.25) is 0 Å². The van der Waals surface area contributed by atoms with Crippen LogP contribution in [0.5, 0.6) is 0 Å². The lowest BCUT2D eigenvalue weighted by Crippen LogP contribution is -2.53. The Morgan fingerprint density at radius 3 is 2.16 bits per heavy atom. The number of ether oxygens (including phenoxy) is 3. The fourth-order valence-electron chi connectivity index (χ4n) is 5.18. The van der Waals surface area contributed by atoms with Gasteiger partial charge in [0.25, 0.3) is 0 Å². The zero-order chi connectivity index (χ0) is 26.2. The molecule has 0 bridgehead atoms. The van der Waals surface area contributed by atoms with Crippen LogP contribution < -0.4 is 0 Å². The molecule has 6 atom stereocenters. The molecule has 0 aromatic heterocycles. The van der Waals surface area contributed by atoms with E-state index < -0.39 is 12.1 Å². The first-order valence-corrected chi connectivity index (χ1v) is 13.0. The first kappa shape index (κ1) is 26.9. The van der Waals surface area contributed by atoms with Gasteiger partial charge in [0.05, 0.1) is 44.2 Å². The Morgan fingerprint density at radius 1 is 0.892 bits per heavy atom. The molecule has 5 unspecified atom stereocenters. The molecule has 0 saturated carbocycles. The Kier molecular flexibility index (Phi) is 9.37. The molecule has 194 valence electrons. The molecule has 1 saturated heterocycles. The lowest BCUT2D eigenvalue weighted by Gasteiger charge is -2.46. The van der Waals surface area contributed by atoms with Crippen molar-refractivity contribution in [2.75, 3.05) is 6.61 Å². The second kappa shape index (κ2) is 12.9. The molecule has 6 heteroatoms. The van der Waals surface area contributed by atoms with Gasteiger partial charge in [-0.25, -0.2) is 0 Å². The van der Waals surface area contributed by atoms with Crippen molar-refractivity contribution in [3.8, 4) is 0 Å². The average molecular weight is 500 g/mol. The Bertz CT molecular complexity index is 1180. The van der Waals surface area contributed by atoms with Gasteiger partial charge in [-0.1, -0.05) is 103 Å². The van der Waals surface area contributed by atoms with E-state index in [1.807, 2.05) is 42.5 Å². The summed E-state index contributed by atoms with van der Waals surface area (Å²) < 4.78 is 19.4. The molecule has 6 nitrogen and oxygen atoms in total. The Hall–Kier alpha value is -3.15. The minimum absolute atomic E-state index is 0.151. The number of azide groups is 1. The van der Waals surface area contributed by atoms with Gasteiger partial charge in [-0.2, -0.15) is 0 Å². The first-order valence-electron chi connectivity index (χ1n) is 13.0. The summed E-state index contributed by atoms with van der Waals surface area (Å²) in [7, 11) is 0. The van der Waals surface area contributed by atoms with Gasteiger partial charge in [-0.15, -0.1) is 0 Å².